The number of hydrogen-bond donors (Lipinski definition) is 2. The molecule has 0 saturated carbocycles. The van der Waals surface area contributed by atoms with Crippen molar-refractivity contribution < 1.29 is 13.2 Å². The average molecular weight is 443 g/mol. The normalized spacial score (nSPS) is 11.4. The molecule has 2 aromatic heterocycles. The Morgan fingerprint density at radius 2 is 1.68 bits per heavy atom. The second-order valence-electron chi connectivity index (χ2n) is 7.13. The van der Waals surface area contributed by atoms with Crippen LogP contribution >= 0.6 is 0 Å². The van der Waals surface area contributed by atoms with Gasteiger partial charge < -0.3 is 10.5 Å². The lowest BCUT2D eigenvalue weighted by Crippen LogP contribution is -2.16. The third kappa shape index (κ3) is 7.58. The Hall–Kier alpha value is -3.11. The quantitative estimate of drug-likeness (QED) is 0.486. The van der Waals surface area contributed by atoms with Crippen LogP contribution in [0.25, 0.3) is 0 Å². The molecule has 0 aliphatic carbocycles. The molecule has 0 saturated heterocycles. The lowest BCUT2D eigenvalue weighted by Gasteiger charge is -2.08. The lowest BCUT2D eigenvalue weighted by molar-refractivity contribution is 0.461. The largest absolute Gasteiger partial charge is 0.439 e. The zero-order valence-electron chi connectivity index (χ0n) is 17.4. The summed E-state index contributed by atoms with van der Waals surface area (Å²) in [6.07, 6.45) is 6.90. The van der Waals surface area contributed by atoms with Crippen LogP contribution in [-0.2, 0) is 35.7 Å². The summed E-state index contributed by atoms with van der Waals surface area (Å²) in [4.78, 5) is 17.1. The van der Waals surface area contributed by atoms with Gasteiger partial charge in [0.15, 0.2) is 0 Å². The maximum Gasteiger partial charge on any atom is 0.224 e. The molecule has 3 rings (SSSR count). The molecular formula is C21H26N6O3S. The van der Waals surface area contributed by atoms with E-state index in [0.29, 0.717) is 37.3 Å². The monoisotopic (exact) mass is 442 g/mol. The number of anilines is 1. The Labute approximate surface area is 182 Å². The second kappa shape index (κ2) is 10.3. The zero-order valence-corrected chi connectivity index (χ0v) is 18.2. The first-order chi connectivity index (χ1) is 14.8. The van der Waals surface area contributed by atoms with E-state index in [2.05, 4.69) is 26.9 Å². The fourth-order valence-corrected chi connectivity index (χ4v) is 3.47. The van der Waals surface area contributed by atoms with E-state index in [1.807, 2.05) is 24.5 Å². The van der Waals surface area contributed by atoms with Crippen molar-refractivity contribution >= 4 is 16.0 Å². The van der Waals surface area contributed by atoms with Gasteiger partial charge in [0, 0.05) is 24.9 Å². The molecule has 0 radical (unpaired) electrons. The lowest BCUT2D eigenvalue weighted by atomic mass is 10.1. The number of hydrogen-bond acceptors (Lipinski definition) is 8. The molecule has 1 aromatic carbocycles. The number of primary sulfonamides is 1. The highest BCUT2D eigenvalue weighted by molar-refractivity contribution is 7.89. The van der Waals surface area contributed by atoms with E-state index in [0.717, 1.165) is 29.1 Å². The van der Waals surface area contributed by atoms with Crippen LogP contribution in [0.3, 0.4) is 0 Å². The molecule has 0 spiro atoms. The number of nitrogen functional groups attached to an aromatic ring is 1. The maximum atomic E-state index is 11.0. The maximum absolute atomic E-state index is 11.0. The Morgan fingerprint density at radius 1 is 0.968 bits per heavy atom. The molecule has 3 aromatic rings. The highest BCUT2D eigenvalue weighted by Crippen LogP contribution is 2.22. The van der Waals surface area contributed by atoms with Crippen molar-refractivity contribution in [3.05, 3.63) is 65.4 Å². The Bertz CT molecular complexity index is 1100. The highest BCUT2D eigenvalue weighted by Gasteiger charge is 2.08. The van der Waals surface area contributed by atoms with E-state index in [9.17, 15) is 8.42 Å². The molecule has 10 heteroatoms. The fourth-order valence-electron chi connectivity index (χ4n) is 2.93. The zero-order chi connectivity index (χ0) is 22.3. The second-order valence-corrected chi connectivity index (χ2v) is 8.87. The molecule has 9 nitrogen and oxygen atoms in total. The van der Waals surface area contributed by atoms with Crippen LogP contribution in [-0.4, -0.2) is 34.1 Å². The molecule has 0 atom stereocenters. The van der Waals surface area contributed by atoms with Gasteiger partial charge in [-0.05, 0) is 48.9 Å². The third-order valence-electron chi connectivity index (χ3n) is 4.58. The predicted molar refractivity (Wildman–Crippen MR) is 118 cm³/mol. The SMILES string of the molecule is CCc1cnc(CCc2cc(Oc3ccc(CCCS(N)(=O)=O)cc3)nc(N)n2)nc1. The summed E-state index contributed by atoms with van der Waals surface area (Å²) in [5.41, 5.74) is 8.67. The van der Waals surface area contributed by atoms with Gasteiger partial charge in [-0.1, -0.05) is 19.1 Å². The van der Waals surface area contributed by atoms with Gasteiger partial charge in [0.2, 0.25) is 21.9 Å². The molecular weight excluding hydrogens is 416 g/mol. The van der Waals surface area contributed by atoms with E-state index in [-0.39, 0.29) is 11.7 Å². The van der Waals surface area contributed by atoms with Crippen molar-refractivity contribution in [3.8, 4) is 11.6 Å². The molecule has 0 aliphatic heterocycles. The van der Waals surface area contributed by atoms with Crippen molar-refractivity contribution in [3.63, 3.8) is 0 Å². The van der Waals surface area contributed by atoms with Crippen LogP contribution in [0.2, 0.25) is 0 Å². The standard InChI is InChI=1S/C21H26N6O3S/c1-2-15-13-24-19(25-14-15)10-7-17-12-20(27-21(22)26-17)30-18-8-5-16(6-9-18)4-3-11-31(23,28)29/h5-6,8-9,12-14H,2-4,7,10-11H2,1H3,(H2,22,26,27)(H2,23,28,29). The van der Waals surface area contributed by atoms with E-state index in [1.54, 1.807) is 18.2 Å². The molecule has 0 unspecified atom stereocenters. The minimum Gasteiger partial charge on any atom is -0.439 e. The van der Waals surface area contributed by atoms with Gasteiger partial charge in [-0.3, -0.25) is 0 Å². The third-order valence-corrected chi connectivity index (χ3v) is 5.44. The van der Waals surface area contributed by atoms with Crippen molar-refractivity contribution in [2.24, 2.45) is 5.14 Å². The summed E-state index contributed by atoms with van der Waals surface area (Å²) in [5, 5.41) is 5.02. The van der Waals surface area contributed by atoms with Crippen LogP contribution in [0.1, 0.15) is 36.0 Å². The first-order valence-electron chi connectivity index (χ1n) is 10.0. The van der Waals surface area contributed by atoms with Crippen LogP contribution in [0, 0.1) is 0 Å². The minimum absolute atomic E-state index is 0.0397. The average Bonchev–Trinajstić information content (AvgIpc) is 2.73. The van der Waals surface area contributed by atoms with Crippen molar-refractivity contribution in [2.45, 2.75) is 39.0 Å². The number of rotatable bonds is 10. The number of nitrogens with two attached hydrogens (primary N) is 2. The molecule has 164 valence electrons. The van der Waals surface area contributed by atoms with E-state index in [1.165, 1.54) is 0 Å². The molecule has 4 N–H and O–H groups in total. The molecule has 0 bridgehead atoms. The molecule has 0 aliphatic rings. The predicted octanol–water partition coefficient (Wildman–Crippen LogP) is 2.21. The van der Waals surface area contributed by atoms with E-state index < -0.39 is 10.0 Å². The van der Waals surface area contributed by atoms with Crippen LogP contribution < -0.4 is 15.6 Å². The van der Waals surface area contributed by atoms with E-state index in [4.69, 9.17) is 15.6 Å². The smallest absolute Gasteiger partial charge is 0.224 e. The van der Waals surface area contributed by atoms with Gasteiger partial charge in [0.1, 0.15) is 11.6 Å². The minimum atomic E-state index is -3.44. The van der Waals surface area contributed by atoms with Gasteiger partial charge >= 0.3 is 0 Å². The van der Waals surface area contributed by atoms with Crippen LogP contribution in [0.15, 0.2) is 42.7 Å². The number of aryl methyl sites for hydroxylation is 4. The Morgan fingerprint density at radius 3 is 2.32 bits per heavy atom. The summed E-state index contributed by atoms with van der Waals surface area (Å²) in [7, 11) is -3.44. The highest BCUT2D eigenvalue weighted by atomic mass is 32.2. The van der Waals surface area contributed by atoms with Crippen molar-refractivity contribution in [2.75, 3.05) is 11.5 Å². The Kier molecular flexibility index (Phi) is 7.48. The van der Waals surface area contributed by atoms with Crippen LogP contribution in [0.5, 0.6) is 11.6 Å². The number of ether oxygens (including phenoxy) is 1. The van der Waals surface area contributed by atoms with Gasteiger partial charge in [-0.15, -0.1) is 0 Å². The number of aromatic nitrogens is 4. The van der Waals surface area contributed by atoms with Gasteiger partial charge in [0.25, 0.3) is 0 Å². The molecule has 31 heavy (non-hydrogen) atoms. The van der Waals surface area contributed by atoms with Crippen molar-refractivity contribution in [1.29, 1.82) is 0 Å². The Balaban J connectivity index is 1.59. The summed E-state index contributed by atoms with van der Waals surface area (Å²) < 4.78 is 27.8. The van der Waals surface area contributed by atoms with Crippen molar-refractivity contribution in [1.82, 2.24) is 19.9 Å². The number of sulfonamides is 1. The number of nitrogens with zero attached hydrogens (tertiary/aromatic N) is 4. The summed E-state index contributed by atoms with van der Waals surface area (Å²) in [6.45, 7) is 2.06. The first-order valence-corrected chi connectivity index (χ1v) is 11.7. The van der Waals surface area contributed by atoms with E-state index >= 15 is 0 Å². The summed E-state index contributed by atoms with van der Waals surface area (Å²) in [5.74, 6) is 1.79. The van der Waals surface area contributed by atoms with Gasteiger partial charge in [-0.25, -0.2) is 28.5 Å². The van der Waals surface area contributed by atoms with Gasteiger partial charge in [-0.2, -0.15) is 4.98 Å². The summed E-state index contributed by atoms with van der Waals surface area (Å²) in [6, 6.07) is 9.10. The topological polar surface area (TPSA) is 147 Å². The molecule has 2 heterocycles. The first kappa shape index (κ1) is 22.6. The number of benzene rings is 1. The summed E-state index contributed by atoms with van der Waals surface area (Å²) >= 11 is 0. The molecule has 0 fully saturated rings. The molecule has 0 amide bonds. The van der Waals surface area contributed by atoms with Crippen LogP contribution in [0.4, 0.5) is 5.95 Å². The van der Waals surface area contributed by atoms with Gasteiger partial charge in [0.05, 0.1) is 11.4 Å². The fraction of sp³-hybridized carbons (Fsp3) is 0.333.